The van der Waals surface area contributed by atoms with Crippen molar-refractivity contribution >= 4 is 52.1 Å². The minimum absolute atomic E-state index is 0.744. The molecule has 0 radical (unpaired) electrons. The van der Waals surface area contributed by atoms with E-state index in [4.69, 9.17) is 23.2 Å². The molecule has 0 fully saturated rings. The van der Waals surface area contributed by atoms with Crippen molar-refractivity contribution in [3.05, 3.63) is 50.1 Å². The fourth-order valence-electron chi connectivity index (χ4n) is 2.20. The van der Waals surface area contributed by atoms with Crippen LogP contribution in [0.4, 0.5) is 0 Å². The van der Waals surface area contributed by atoms with Crippen LogP contribution in [0.2, 0.25) is 8.67 Å². The lowest BCUT2D eigenvalue weighted by Crippen LogP contribution is -2.79. The number of amidine groups is 1. The Balaban J connectivity index is 1.79. The third-order valence-electron chi connectivity index (χ3n) is 3.22. The zero-order valence-electron chi connectivity index (χ0n) is 11.3. The molecule has 2 nitrogen and oxygen atoms in total. The van der Waals surface area contributed by atoms with Crippen molar-refractivity contribution in [3.8, 4) is 0 Å². The van der Waals surface area contributed by atoms with Gasteiger partial charge in [0.25, 0.3) is 5.84 Å². The van der Waals surface area contributed by atoms with Crippen LogP contribution in [0, 0.1) is 0 Å². The molecule has 2 aromatic rings. The number of rotatable bonds is 4. The second-order valence-corrected chi connectivity index (χ2v) is 8.02. The number of hydrogen-bond donors (Lipinski definition) is 2. The minimum atomic E-state index is 0.744. The fraction of sp³-hybridized carbons (Fsp3) is 0.267. The Morgan fingerprint density at radius 1 is 1.29 bits per heavy atom. The van der Waals surface area contributed by atoms with Gasteiger partial charge in [0.1, 0.15) is 0 Å². The summed E-state index contributed by atoms with van der Waals surface area (Å²) in [6.45, 7) is 2.04. The first kappa shape index (κ1) is 15.2. The van der Waals surface area contributed by atoms with Gasteiger partial charge in [0.2, 0.25) is 0 Å². The van der Waals surface area contributed by atoms with E-state index in [0.717, 1.165) is 45.3 Å². The predicted octanol–water partition coefficient (Wildman–Crippen LogP) is 3.17. The first-order chi connectivity index (χ1) is 10.2. The van der Waals surface area contributed by atoms with Crippen LogP contribution >= 0.6 is 46.3 Å². The number of hydrogen-bond acceptors (Lipinski definition) is 3. The maximum absolute atomic E-state index is 6.19. The summed E-state index contributed by atoms with van der Waals surface area (Å²) in [5.41, 5.74) is 2.32. The first-order valence-corrected chi connectivity index (χ1v) is 9.30. The highest BCUT2D eigenvalue weighted by atomic mass is 35.5. The molecule has 6 heteroatoms. The summed E-state index contributed by atoms with van der Waals surface area (Å²) < 4.78 is 1.53. The summed E-state index contributed by atoms with van der Waals surface area (Å²) in [5, 5.41) is 3.44. The van der Waals surface area contributed by atoms with Gasteiger partial charge in [-0.2, -0.15) is 0 Å². The van der Waals surface area contributed by atoms with Gasteiger partial charge in [-0.3, -0.25) is 10.3 Å². The number of halogens is 2. The second-order valence-electron chi connectivity index (χ2n) is 4.72. The molecule has 0 spiro atoms. The third-order valence-corrected chi connectivity index (χ3v) is 5.92. The van der Waals surface area contributed by atoms with Crippen LogP contribution in [0.3, 0.4) is 0 Å². The molecule has 1 aromatic heterocycles. The molecule has 0 saturated heterocycles. The van der Waals surface area contributed by atoms with E-state index >= 15 is 0 Å². The molecular weight excluding hydrogens is 343 g/mol. The van der Waals surface area contributed by atoms with Crippen LogP contribution < -0.4 is 10.3 Å². The van der Waals surface area contributed by atoms with E-state index < -0.39 is 0 Å². The van der Waals surface area contributed by atoms with E-state index in [-0.39, 0.29) is 0 Å². The number of benzene rings is 1. The van der Waals surface area contributed by atoms with E-state index in [9.17, 15) is 0 Å². The Labute approximate surface area is 142 Å². The van der Waals surface area contributed by atoms with E-state index in [0.29, 0.717) is 0 Å². The molecule has 2 N–H and O–H groups in total. The standard InChI is InChI=1S/C15H14Cl2N2S2/c16-13-8-10(14(17)21-13)9-20-12-5-2-1-4-11(12)15-18-6-3-7-19-15/h1-2,4-5,8H,3,6-7,9H2,(H,18,19)/p+1. The van der Waals surface area contributed by atoms with Crippen molar-refractivity contribution in [3.63, 3.8) is 0 Å². The summed E-state index contributed by atoms with van der Waals surface area (Å²) in [4.78, 5) is 4.68. The molecule has 110 valence electrons. The van der Waals surface area contributed by atoms with Crippen molar-refractivity contribution in [1.29, 1.82) is 0 Å². The van der Waals surface area contributed by atoms with E-state index in [1.165, 1.54) is 21.8 Å². The highest BCUT2D eigenvalue weighted by Crippen LogP contribution is 2.35. The molecule has 1 aromatic carbocycles. The Bertz CT molecular complexity index is 667. The topological polar surface area (TPSA) is 26.0 Å². The lowest BCUT2D eigenvalue weighted by Gasteiger charge is -2.11. The average molecular weight is 358 g/mol. The largest absolute Gasteiger partial charge is 0.276 e. The van der Waals surface area contributed by atoms with Crippen LogP contribution in [0.5, 0.6) is 0 Å². The van der Waals surface area contributed by atoms with Crippen molar-refractivity contribution in [2.45, 2.75) is 17.1 Å². The normalized spacial score (nSPS) is 14.7. The lowest BCUT2D eigenvalue weighted by atomic mass is 10.2. The summed E-state index contributed by atoms with van der Waals surface area (Å²) in [5.74, 6) is 1.95. The Hall–Kier alpha value is -0.680. The van der Waals surface area contributed by atoms with Gasteiger partial charge in [0.15, 0.2) is 0 Å². The molecular formula is C15H15Cl2N2S2+. The Kier molecular flexibility index (Phi) is 5.11. The third kappa shape index (κ3) is 3.75. The highest BCUT2D eigenvalue weighted by molar-refractivity contribution is 7.98. The van der Waals surface area contributed by atoms with Crippen molar-refractivity contribution in [2.75, 3.05) is 13.1 Å². The van der Waals surface area contributed by atoms with Crippen molar-refractivity contribution < 1.29 is 4.99 Å². The van der Waals surface area contributed by atoms with E-state index in [1.807, 2.05) is 6.07 Å². The van der Waals surface area contributed by atoms with Crippen LogP contribution in [0.1, 0.15) is 17.5 Å². The second kappa shape index (κ2) is 7.05. The average Bonchev–Trinajstić information content (AvgIpc) is 2.84. The molecule has 0 unspecified atom stereocenters. The summed E-state index contributed by atoms with van der Waals surface area (Å²) in [6.07, 6.45) is 1.15. The summed E-state index contributed by atoms with van der Waals surface area (Å²) >= 11 is 15.4. The van der Waals surface area contributed by atoms with Gasteiger partial charge in [-0.25, -0.2) is 0 Å². The molecule has 1 aliphatic rings. The van der Waals surface area contributed by atoms with Gasteiger partial charge in [-0.1, -0.05) is 35.3 Å². The maximum atomic E-state index is 6.19. The van der Waals surface area contributed by atoms with Gasteiger partial charge in [-0.05, 0) is 23.8 Å². The SMILES string of the molecule is Clc1cc(CSc2ccccc2C2=[NH+]CCCN2)c(Cl)s1. The zero-order valence-corrected chi connectivity index (χ0v) is 14.4. The van der Waals surface area contributed by atoms with Crippen molar-refractivity contribution in [1.82, 2.24) is 5.32 Å². The molecule has 0 amide bonds. The quantitative estimate of drug-likeness (QED) is 0.822. The fourth-order valence-corrected chi connectivity index (χ4v) is 4.89. The lowest BCUT2D eigenvalue weighted by molar-refractivity contribution is -0.463. The number of nitrogens with one attached hydrogen (secondary N) is 2. The van der Waals surface area contributed by atoms with Gasteiger partial charge >= 0.3 is 0 Å². The molecule has 0 aliphatic carbocycles. The van der Waals surface area contributed by atoms with Gasteiger partial charge in [-0.15, -0.1) is 23.1 Å². The molecule has 0 bridgehead atoms. The number of thiophene rings is 1. The maximum Gasteiger partial charge on any atom is 0.276 e. The van der Waals surface area contributed by atoms with Crippen LogP contribution in [0.25, 0.3) is 0 Å². The molecule has 21 heavy (non-hydrogen) atoms. The van der Waals surface area contributed by atoms with Crippen LogP contribution in [0.15, 0.2) is 35.2 Å². The monoisotopic (exact) mass is 357 g/mol. The predicted molar refractivity (Wildman–Crippen MR) is 92.9 cm³/mol. The van der Waals surface area contributed by atoms with Gasteiger partial charge in [0, 0.05) is 17.1 Å². The van der Waals surface area contributed by atoms with Gasteiger partial charge < -0.3 is 0 Å². The molecule has 0 saturated carbocycles. The molecule has 2 heterocycles. The molecule has 1 aliphatic heterocycles. The summed E-state index contributed by atoms with van der Waals surface area (Å²) in [6, 6.07) is 10.4. The van der Waals surface area contributed by atoms with Crippen LogP contribution in [-0.4, -0.2) is 18.9 Å². The first-order valence-electron chi connectivity index (χ1n) is 6.74. The Morgan fingerprint density at radius 2 is 2.14 bits per heavy atom. The van der Waals surface area contributed by atoms with E-state index in [1.54, 1.807) is 11.8 Å². The molecule has 3 rings (SSSR count). The van der Waals surface area contributed by atoms with Crippen molar-refractivity contribution in [2.24, 2.45) is 0 Å². The van der Waals surface area contributed by atoms with Crippen LogP contribution in [-0.2, 0) is 5.75 Å². The minimum Gasteiger partial charge on any atom is -0.274 e. The highest BCUT2D eigenvalue weighted by Gasteiger charge is 2.17. The zero-order chi connectivity index (χ0) is 14.7. The smallest absolute Gasteiger partial charge is 0.274 e. The Morgan fingerprint density at radius 3 is 2.86 bits per heavy atom. The summed E-state index contributed by atoms with van der Waals surface area (Å²) in [7, 11) is 0. The van der Waals surface area contributed by atoms with E-state index in [2.05, 4.69) is 34.6 Å². The van der Waals surface area contributed by atoms with Gasteiger partial charge in [0.05, 0.1) is 27.3 Å². The number of thioether (sulfide) groups is 1. The molecule has 0 atom stereocenters.